The van der Waals surface area contributed by atoms with Crippen LogP contribution in [0.2, 0.25) is 5.02 Å². The van der Waals surface area contributed by atoms with Gasteiger partial charge in [0.15, 0.2) is 0 Å². The lowest BCUT2D eigenvalue weighted by atomic mass is 9.94. The van der Waals surface area contributed by atoms with Crippen LogP contribution in [0.4, 0.5) is 0 Å². The zero-order chi connectivity index (χ0) is 15.5. The minimum absolute atomic E-state index is 0.658. The van der Waals surface area contributed by atoms with Crippen molar-refractivity contribution in [1.29, 1.82) is 0 Å². The normalized spacial score (nSPS) is 12.8. The summed E-state index contributed by atoms with van der Waals surface area (Å²) in [5.41, 5.74) is 1.37. The van der Waals surface area contributed by atoms with Crippen LogP contribution < -0.4 is 5.32 Å². The molecule has 0 aliphatic carbocycles. The van der Waals surface area contributed by atoms with Gasteiger partial charge < -0.3 is 10.1 Å². The molecule has 0 aromatic heterocycles. The van der Waals surface area contributed by atoms with E-state index >= 15 is 0 Å². The number of halogens is 1. The van der Waals surface area contributed by atoms with Gasteiger partial charge in [-0.15, -0.1) is 0 Å². The quantitative estimate of drug-likeness (QED) is 0.605. The number of hydrogen-bond donors (Lipinski definition) is 1. The molecule has 1 atom stereocenters. The standard InChI is InChI=1S/C18H30ClNO/c1-4-21-11-5-6-17(14-20-13-15(2)3)12-16-7-9-18(19)10-8-16/h7-10,15,17,20H,4-6,11-14H2,1-3H3. The van der Waals surface area contributed by atoms with Crippen molar-refractivity contribution < 1.29 is 4.74 Å². The summed E-state index contributed by atoms with van der Waals surface area (Å²) in [6, 6.07) is 8.24. The van der Waals surface area contributed by atoms with E-state index in [0.717, 1.165) is 44.2 Å². The molecule has 1 rings (SSSR count). The van der Waals surface area contributed by atoms with E-state index in [1.54, 1.807) is 0 Å². The molecule has 3 heteroatoms. The Morgan fingerprint density at radius 2 is 1.86 bits per heavy atom. The van der Waals surface area contributed by atoms with Crippen LogP contribution in [-0.2, 0) is 11.2 Å². The first-order valence-electron chi connectivity index (χ1n) is 8.14. The number of ether oxygens (including phenoxy) is 1. The Bertz CT molecular complexity index is 364. The average Bonchev–Trinajstić information content (AvgIpc) is 2.45. The van der Waals surface area contributed by atoms with E-state index in [1.807, 2.05) is 12.1 Å². The van der Waals surface area contributed by atoms with Gasteiger partial charge in [-0.2, -0.15) is 0 Å². The van der Waals surface area contributed by atoms with E-state index in [9.17, 15) is 0 Å². The minimum atomic E-state index is 0.658. The van der Waals surface area contributed by atoms with Crippen LogP contribution in [0.1, 0.15) is 39.2 Å². The highest BCUT2D eigenvalue weighted by Crippen LogP contribution is 2.16. The van der Waals surface area contributed by atoms with Gasteiger partial charge in [-0.05, 0) is 68.8 Å². The number of nitrogens with one attached hydrogen (secondary N) is 1. The largest absolute Gasteiger partial charge is 0.382 e. The Kier molecular flexibility index (Phi) is 9.73. The Morgan fingerprint density at radius 1 is 1.14 bits per heavy atom. The molecule has 0 heterocycles. The Hall–Kier alpha value is -0.570. The summed E-state index contributed by atoms with van der Waals surface area (Å²) in [4.78, 5) is 0. The summed E-state index contributed by atoms with van der Waals surface area (Å²) in [5.74, 6) is 1.36. The van der Waals surface area contributed by atoms with Crippen molar-refractivity contribution in [3.8, 4) is 0 Å². The number of hydrogen-bond acceptors (Lipinski definition) is 2. The third-order valence-electron chi connectivity index (χ3n) is 3.53. The first-order valence-corrected chi connectivity index (χ1v) is 8.52. The Labute approximate surface area is 135 Å². The van der Waals surface area contributed by atoms with Crippen molar-refractivity contribution in [2.24, 2.45) is 11.8 Å². The highest BCUT2D eigenvalue weighted by molar-refractivity contribution is 6.30. The predicted molar refractivity (Wildman–Crippen MR) is 92.1 cm³/mol. The molecule has 0 aliphatic heterocycles. The zero-order valence-corrected chi connectivity index (χ0v) is 14.5. The van der Waals surface area contributed by atoms with Gasteiger partial charge in [0, 0.05) is 18.2 Å². The molecule has 0 fully saturated rings. The molecule has 1 aromatic carbocycles. The van der Waals surface area contributed by atoms with Gasteiger partial charge in [-0.3, -0.25) is 0 Å². The predicted octanol–water partition coefficient (Wildman–Crippen LogP) is 4.56. The lowest BCUT2D eigenvalue weighted by Crippen LogP contribution is -2.27. The monoisotopic (exact) mass is 311 g/mol. The second kappa shape index (κ2) is 11.1. The number of rotatable bonds is 11. The van der Waals surface area contributed by atoms with Crippen molar-refractivity contribution in [1.82, 2.24) is 5.32 Å². The van der Waals surface area contributed by atoms with Crippen molar-refractivity contribution in [2.75, 3.05) is 26.3 Å². The van der Waals surface area contributed by atoms with Crippen LogP contribution >= 0.6 is 11.6 Å². The minimum Gasteiger partial charge on any atom is -0.382 e. The molecule has 0 aliphatic rings. The van der Waals surface area contributed by atoms with Crippen LogP contribution in [0.15, 0.2) is 24.3 Å². The van der Waals surface area contributed by atoms with Gasteiger partial charge in [0.2, 0.25) is 0 Å². The van der Waals surface area contributed by atoms with Crippen molar-refractivity contribution in [3.05, 3.63) is 34.9 Å². The molecule has 1 aromatic rings. The van der Waals surface area contributed by atoms with Crippen LogP contribution in [0.25, 0.3) is 0 Å². The molecule has 1 N–H and O–H groups in total. The molecule has 1 unspecified atom stereocenters. The highest BCUT2D eigenvalue weighted by atomic mass is 35.5. The third kappa shape index (κ3) is 9.13. The van der Waals surface area contributed by atoms with E-state index in [2.05, 4.69) is 38.2 Å². The first-order chi connectivity index (χ1) is 10.1. The highest BCUT2D eigenvalue weighted by Gasteiger charge is 2.10. The van der Waals surface area contributed by atoms with Crippen LogP contribution in [0, 0.1) is 11.8 Å². The second-order valence-electron chi connectivity index (χ2n) is 6.09. The topological polar surface area (TPSA) is 21.3 Å². The summed E-state index contributed by atoms with van der Waals surface area (Å²) < 4.78 is 5.45. The zero-order valence-electron chi connectivity index (χ0n) is 13.7. The van der Waals surface area contributed by atoms with Crippen LogP contribution in [0.3, 0.4) is 0 Å². The van der Waals surface area contributed by atoms with Crippen molar-refractivity contribution in [3.63, 3.8) is 0 Å². The van der Waals surface area contributed by atoms with Crippen LogP contribution in [0.5, 0.6) is 0 Å². The smallest absolute Gasteiger partial charge is 0.0466 e. The van der Waals surface area contributed by atoms with Gasteiger partial charge >= 0.3 is 0 Å². The van der Waals surface area contributed by atoms with Gasteiger partial charge in [-0.1, -0.05) is 37.6 Å². The number of benzene rings is 1. The SMILES string of the molecule is CCOCCCC(CNCC(C)C)Cc1ccc(Cl)cc1. The summed E-state index contributed by atoms with van der Waals surface area (Å²) in [6.45, 7) is 10.4. The maximum absolute atomic E-state index is 5.96. The molecular weight excluding hydrogens is 282 g/mol. The molecule has 0 bridgehead atoms. The van der Waals surface area contributed by atoms with Gasteiger partial charge in [-0.25, -0.2) is 0 Å². The summed E-state index contributed by atoms with van der Waals surface area (Å²) in [6.07, 6.45) is 3.44. The molecule has 0 amide bonds. The lowest BCUT2D eigenvalue weighted by molar-refractivity contribution is 0.139. The van der Waals surface area contributed by atoms with Crippen LogP contribution in [-0.4, -0.2) is 26.3 Å². The lowest BCUT2D eigenvalue weighted by Gasteiger charge is -2.19. The molecule has 0 saturated carbocycles. The molecule has 120 valence electrons. The van der Waals surface area contributed by atoms with E-state index < -0.39 is 0 Å². The fourth-order valence-electron chi connectivity index (χ4n) is 2.42. The molecule has 21 heavy (non-hydrogen) atoms. The average molecular weight is 312 g/mol. The van der Waals surface area contributed by atoms with Gasteiger partial charge in [0.25, 0.3) is 0 Å². The van der Waals surface area contributed by atoms with E-state index in [-0.39, 0.29) is 0 Å². The molecule has 2 nitrogen and oxygen atoms in total. The molecule has 0 radical (unpaired) electrons. The Morgan fingerprint density at radius 3 is 2.48 bits per heavy atom. The van der Waals surface area contributed by atoms with E-state index in [0.29, 0.717) is 11.8 Å². The van der Waals surface area contributed by atoms with Gasteiger partial charge in [0.1, 0.15) is 0 Å². The maximum Gasteiger partial charge on any atom is 0.0466 e. The molecule has 0 saturated heterocycles. The maximum atomic E-state index is 5.96. The summed E-state index contributed by atoms with van der Waals surface area (Å²) >= 11 is 5.96. The Balaban J connectivity index is 2.43. The summed E-state index contributed by atoms with van der Waals surface area (Å²) in [7, 11) is 0. The van der Waals surface area contributed by atoms with E-state index in [4.69, 9.17) is 16.3 Å². The second-order valence-corrected chi connectivity index (χ2v) is 6.52. The summed E-state index contributed by atoms with van der Waals surface area (Å²) in [5, 5.41) is 4.40. The fourth-order valence-corrected chi connectivity index (χ4v) is 2.55. The van der Waals surface area contributed by atoms with Gasteiger partial charge in [0.05, 0.1) is 0 Å². The fraction of sp³-hybridized carbons (Fsp3) is 0.667. The molecule has 0 spiro atoms. The van der Waals surface area contributed by atoms with Crippen molar-refractivity contribution >= 4 is 11.6 Å². The first kappa shape index (κ1) is 18.5. The van der Waals surface area contributed by atoms with E-state index in [1.165, 1.54) is 12.0 Å². The molecular formula is C18H30ClNO. The third-order valence-corrected chi connectivity index (χ3v) is 3.78. The van der Waals surface area contributed by atoms with Crippen molar-refractivity contribution in [2.45, 2.75) is 40.0 Å².